The number of benzene rings is 1. The number of nitrogens with zero attached hydrogens (tertiary/aromatic N) is 1. The minimum atomic E-state index is 0. The molecule has 1 fully saturated rings. The smallest absolute Gasteiger partial charge is 0.0506 e. The number of nitrogens with one attached hydrogen (secondary N) is 1. The molecule has 2 heterocycles. The molecule has 3 nitrogen and oxygen atoms in total. The zero-order valence-electron chi connectivity index (χ0n) is 12.2. The molecule has 0 amide bonds. The molecule has 0 aliphatic carbocycles. The van der Waals surface area contributed by atoms with E-state index in [9.17, 15) is 0 Å². The number of fused-ring (bicyclic) bond motifs is 1. The van der Waals surface area contributed by atoms with Crippen LogP contribution in [0.4, 0.5) is 5.69 Å². The van der Waals surface area contributed by atoms with E-state index in [0.717, 1.165) is 32.8 Å². The van der Waals surface area contributed by atoms with E-state index < -0.39 is 0 Å². The van der Waals surface area contributed by atoms with E-state index in [1.165, 1.54) is 36.1 Å². The van der Waals surface area contributed by atoms with Crippen molar-refractivity contribution in [2.75, 3.05) is 38.7 Å². The Morgan fingerprint density at radius 3 is 3.10 bits per heavy atom. The number of rotatable bonds is 4. The molecule has 1 atom stereocenters. The molecule has 1 saturated heterocycles. The van der Waals surface area contributed by atoms with E-state index in [1.807, 2.05) is 0 Å². The van der Waals surface area contributed by atoms with E-state index in [1.54, 1.807) is 0 Å². The van der Waals surface area contributed by atoms with Crippen molar-refractivity contribution in [2.45, 2.75) is 25.8 Å². The third-order valence-electron chi connectivity index (χ3n) is 4.20. The molecule has 2 aliphatic rings. The maximum Gasteiger partial charge on any atom is 0.0506 e. The molecule has 0 radical (unpaired) electrons. The molecule has 3 rings (SSSR count). The van der Waals surface area contributed by atoms with Crippen molar-refractivity contribution in [3.8, 4) is 0 Å². The zero-order chi connectivity index (χ0) is 13.1. The number of hydrogen-bond donors (Lipinski definition) is 1. The third-order valence-corrected chi connectivity index (χ3v) is 4.20. The van der Waals surface area contributed by atoms with Gasteiger partial charge >= 0.3 is 0 Å². The van der Waals surface area contributed by atoms with Gasteiger partial charge in [-0.1, -0.05) is 18.2 Å². The molecule has 0 bridgehead atoms. The summed E-state index contributed by atoms with van der Waals surface area (Å²) >= 11 is 0. The van der Waals surface area contributed by atoms with Crippen LogP contribution in [-0.2, 0) is 17.7 Å². The molecule has 1 N–H and O–H groups in total. The second kappa shape index (κ2) is 7.30. The zero-order valence-corrected chi connectivity index (χ0v) is 13.0. The SMILES string of the molecule is CN(Cc1cccc2c1NCC2)CC1CCCOC1.Cl. The predicted octanol–water partition coefficient (Wildman–Crippen LogP) is 2.93. The van der Waals surface area contributed by atoms with Gasteiger partial charge in [-0.15, -0.1) is 12.4 Å². The van der Waals surface area contributed by atoms with Gasteiger partial charge in [0.05, 0.1) is 6.61 Å². The highest BCUT2D eigenvalue weighted by Gasteiger charge is 2.18. The number of para-hydroxylation sites is 1. The molecule has 0 aromatic heterocycles. The van der Waals surface area contributed by atoms with E-state index >= 15 is 0 Å². The Balaban J connectivity index is 0.00000147. The lowest BCUT2D eigenvalue weighted by molar-refractivity contribution is 0.0412. The Kier molecular flexibility index (Phi) is 5.70. The van der Waals surface area contributed by atoms with Crippen LogP contribution in [0.3, 0.4) is 0 Å². The van der Waals surface area contributed by atoms with Crippen molar-refractivity contribution in [1.29, 1.82) is 0 Å². The predicted molar refractivity (Wildman–Crippen MR) is 85.8 cm³/mol. The molecule has 112 valence electrons. The number of ether oxygens (including phenoxy) is 1. The Bertz CT molecular complexity index is 432. The lowest BCUT2D eigenvalue weighted by atomic mass is 10.0. The van der Waals surface area contributed by atoms with Crippen molar-refractivity contribution in [3.05, 3.63) is 29.3 Å². The van der Waals surface area contributed by atoms with Gasteiger partial charge in [0.25, 0.3) is 0 Å². The average Bonchev–Trinajstić information content (AvgIpc) is 2.89. The van der Waals surface area contributed by atoms with Gasteiger partial charge in [0, 0.05) is 31.9 Å². The third kappa shape index (κ3) is 3.66. The van der Waals surface area contributed by atoms with Crippen molar-refractivity contribution in [1.82, 2.24) is 4.90 Å². The summed E-state index contributed by atoms with van der Waals surface area (Å²) in [5.41, 5.74) is 4.30. The molecular weight excluding hydrogens is 272 g/mol. The van der Waals surface area contributed by atoms with Crippen LogP contribution in [0, 0.1) is 5.92 Å². The lowest BCUT2D eigenvalue weighted by Crippen LogP contribution is -2.30. The molecule has 4 heteroatoms. The fourth-order valence-corrected chi connectivity index (χ4v) is 3.29. The van der Waals surface area contributed by atoms with Crippen LogP contribution in [0.5, 0.6) is 0 Å². The number of halogens is 1. The van der Waals surface area contributed by atoms with E-state index in [-0.39, 0.29) is 12.4 Å². The van der Waals surface area contributed by atoms with E-state index in [4.69, 9.17) is 4.74 Å². The van der Waals surface area contributed by atoms with Crippen LogP contribution in [0.15, 0.2) is 18.2 Å². The first-order valence-corrected chi connectivity index (χ1v) is 7.44. The van der Waals surface area contributed by atoms with Crippen LogP contribution < -0.4 is 5.32 Å². The van der Waals surface area contributed by atoms with E-state index in [0.29, 0.717) is 5.92 Å². The Labute approximate surface area is 128 Å². The molecule has 0 spiro atoms. The monoisotopic (exact) mass is 296 g/mol. The topological polar surface area (TPSA) is 24.5 Å². The van der Waals surface area contributed by atoms with Gasteiger partial charge in [-0.25, -0.2) is 0 Å². The molecule has 20 heavy (non-hydrogen) atoms. The van der Waals surface area contributed by atoms with Crippen LogP contribution in [0.1, 0.15) is 24.0 Å². The van der Waals surface area contributed by atoms with Gasteiger partial charge < -0.3 is 15.0 Å². The van der Waals surface area contributed by atoms with Gasteiger partial charge in [0.2, 0.25) is 0 Å². The van der Waals surface area contributed by atoms with E-state index in [2.05, 4.69) is 35.5 Å². The minimum absolute atomic E-state index is 0. The fourth-order valence-electron chi connectivity index (χ4n) is 3.29. The van der Waals surface area contributed by atoms with Gasteiger partial charge in [-0.3, -0.25) is 0 Å². The highest BCUT2D eigenvalue weighted by atomic mass is 35.5. The molecule has 1 aromatic carbocycles. The lowest BCUT2D eigenvalue weighted by Gasteiger charge is -2.27. The quantitative estimate of drug-likeness (QED) is 0.924. The van der Waals surface area contributed by atoms with Gasteiger partial charge in [0.1, 0.15) is 0 Å². The highest BCUT2D eigenvalue weighted by Crippen LogP contribution is 2.27. The average molecular weight is 297 g/mol. The highest BCUT2D eigenvalue weighted by molar-refractivity contribution is 5.85. The first-order valence-electron chi connectivity index (χ1n) is 7.44. The van der Waals surface area contributed by atoms with Crippen LogP contribution >= 0.6 is 12.4 Å². The van der Waals surface area contributed by atoms with Crippen molar-refractivity contribution in [3.63, 3.8) is 0 Å². The first kappa shape index (κ1) is 15.6. The first-order chi connectivity index (χ1) is 9.33. The molecule has 1 aromatic rings. The summed E-state index contributed by atoms with van der Waals surface area (Å²) in [4.78, 5) is 2.44. The summed E-state index contributed by atoms with van der Waals surface area (Å²) in [6, 6.07) is 6.69. The van der Waals surface area contributed by atoms with Crippen molar-refractivity contribution >= 4 is 18.1 Å². The van der Waals surface area contributed by atoms with Crippen LogP contribution in [0.25, 0.3) is 0 Å². The number of anilines is 1. The maximum absolute atomic E-state index is 5.57. The van der Waals surface area contributed by atoms with Gasteiger partial charge in [0.15, 0.2) is 0 Å². The summed E-state index contributed by atoms with van der Waals surface area (Å²) in [6.45, 7) is 5.16. The Hall–Kier alpha value is -0.770. The van der Waals surface area contributed by atoms with Crippen LogP contribution in [-0.4, -0.2) is 38.3 Å². The van der Waals surface area contributed by atoms with Crippen molar-refractivity contribution in [2.24, 2.45) is 5.92 Å². The summed E-state index contributed by atoms with van der Waals surface area (Å²) in [7, 11) is 2.23. The van der Waals surface area contributed by atoms with Gasteiger partial charge in [-0.05, 0) is 43.4 Å². The normalized spacial score (nSPS) is 21.2. The summed E-state index contributed by atoms with van der Waals surface area (Å²) < 4.78 is 5.57. The standard InChI is InChI=1S/C16H24N2O.ClH/c1-18(10-13-4-3-9-19-12-13)11-15-6-2-5-14-7-8-17-16(14)15;/h2,5-6,13,17H,3-4,7-12H2,1H3;1H. The Morgan fingerprint density at radius 1 is 1.40 bits per heavy atom. The summed E-state index contributed by atoms with van der Waals surface area (Å²) in [6.07, 6.45) is 3.71. The summed E-state index contributed by atoms with van der Waals surface area (Å²) in [5.74, 6) is 0.712. The van der Waals surface area contributed by atoms with Crippen LogP contribution in [0.2, 0.25) is 0 Å². The molecular formula is C16H25ClN2O. The van der Waals surface area contributed by atoms with Gasteiger partial charge in [-0.2, -0.15) is 0 Å². The maximum atomic E-state index is 5.57. The largest absolute Gasteiger partial charge is 0.384 e. The Morgan fingerprint density at radius 2 is 2.30 bits per heavy atom. The molecule has 0 saturated carbocycles. The van der Waals surface area contributed by atoms with Crippen molar-refractivity contribution < 1.29 is 4.74 Å². The fraction of sp³-hybridized carbons (Fsp3) is 0.625. The molecule has 1 unspecified atom stereocenters. The second-order valence-electron chi connectivity index (χ2n) is 5.91. The summed E-state index contributed by atoms with van der Waals surface area (Å²) in [5, 5.41) is 3.53. The molecule has 2 aliphatic heterocycles. The second-order valence-corrected chi connectivity index (χ2v) is 5.91. The number of hydrogen-bond acceptors (Lipinski definition) is 3. The minimum Gasteiger partial charge on any atom is -0.384 e.